The molecule has 1 aromatic rings. The molecule has 2 N–H and O–H groups in total. The van der Waals surface area contributed by atoms with Gasteiger partial charge in [-0.2, -0.15) is 0 Å². The summed E-state index contributed by atoms with van der Waals surface area (Å²) in [6.07, 6.45) is -0.532. The highest BCUT2D eigenvalue weighted by Crippen LogP contribution is 2.32. The number of alkyl halides is 1. The molecule has 1 saturated heterocycles. The molecule has 1 heterocycles. The molecule has 1 fully saturated rings. The Morgan fingerprint density at radius 1 is 1.58 bits per heavy atom. The number of rotatable bonds is 3. The van der Waals surface area contributed by atoms with Crippen LogP contribution in [0.4, 0.5) is 15.8 Å². The lowest BCUT2D eigenvalue weighted by molar-refractivity contribution is -0.385. The lowest BCUT2D eigenvalue weighted by Gasteiger charge is -2.34. The molecule has 0 unspecified atom stereocenters. The van der Waals surface area contributed by atoms with Crippen molar-refractivity contribution >= 4 is 11.4 Å². The number of ether oxygens (including phenoxy) is 1. The maximum atomic E-state index is 13.6. The lowest BCUT2D eigenvalue weighted by Crippen LogP contribution is -2.48. The molecule has 0 spiro atoms. The Bertz CT molecular complexity index is 483. The molecule has 0 amide bonds. The van der Waals surface area contributed by atoms with E-state index in [9.17, 15) is 14.5 Å². The van der Waals surface area contributed by atoms with Gasteiger partial charge < -0.3 is 15.4 Å². The van der Waals surface area contributed by atoms with Gasteiger partial charge in [0.2, 0.25) is 0 Å². The van der Waals surface area contributed by atoms with Crippen LogP contribution in [0.2, 0.25) is 0 Å². The van der Waals surface area contributed by atoms with Gasteiger partial charge in [0.25, 0.3) is 0 Å². The van der Waals surface area contributed by atoms with Gasteiger partial charge in [0.15, 0.2) is 5.75 Å². The average Bonchev–Trinajstić information content (AvgIpc) is 2.41. The van der Waals surface area contributed by atoms with E-state index in [0.717, 1.165) is 0 Å². The van der Waals surface area contributed by atoms with Crippen LogP contribution < -0.4 is 15.4 Å². The topological polar surface area (TPSA) is 81.6 Å². The molecule has 0 aliphatic carbocycles. The standard InChI is InChI=1S/C12H16FN3O3/c1-19-12-6-8(2-3-11(12)16(17)18)15-5-4-10(14)9(13)7-15/h2-3,6,9-10H,4-5,7,14H2,1H3/t9-,10+/m1/s1. The average molecular weight is 269 g/mol. The van der Waals surface area contributed by atoms with Crippen LogP contribution in [0.15, 0.2) is 18.2 Å². The molecule has 0 saturated carbocycles. The molecule has 1 aromatic carbocycles. The highest BCUT2D eigenvalue weighted by molar-refractivity contribution is 5.59. The summed E-state index contributed by atoms with van der Waals surface area (Å²) in [5.74, 6) is 0.174. The fourth-order valence-corrected chi connectivity index (χ4v) is 2.17. The normalized spacial score (nSPS) is 23.2. The molecule has 2 rings (SSSR count). The van der Waals surface area contributed by atoms with Crippen LogP contribution in [-0.2, 0) is 0 Å². The monoisotopic (exact) mass is 269 g/mol. The van der Waals surface area contributed by atoms with E-state index >= 15 is 0 Å². The fraction of sp³-hybridized carbons (Fsp3) is 0.500. The minimum absolute atomic E-state index is 0.100. The van der Waals surface area contributed by atoms with Gasteiger partial charge in [-0.3, -0.25) is 10.1 Å². The first kappa shape index (κ1) is 13.5. The van der Waals surface area contributed by atoms with Crippen LogP contribution in [0, 0.1) is 10.1 Å². The summed E-state index contributed by atoms with van der Waals surface area (Å²) in [6.45, 7) is 0.824. The predicted octanol–water partition coefficient (Wildman–Crippen LogP) is 1.48. The summed E-state index contributed by atoms with van der Waals surface area (Å²) in [7, 11) is 1.37. The lowest BCUT2D eigenvalue weighted by atomic mass is 10.0. The van der Waals surface area contributed by atoms with Crippen LogP contribution in [0.1, 0.15) is 6.42 Å². The molecule has 104 valence electrons. The quantitative estimate of drug-likeness (QED) is 0.664. The van der Waals surface area contributed by atoms with E-state index in [1.807, 2.05) is 4.90 Å². The Hall–Kier alpha value is -1.89. The summed E-state index contributed by atoms with van der Waals surface area (Å²) >= 11 is 0. The van der Waals surface area contributed by atoms with Crippen molar-refractivity contribution in [3.05, 3.63) is 28.3 Å². The Kier molecular flexibility index (Phi) is 3.84. The predicted molar refractivity (Wildman–Crippen MR) is 69.3 cm³/mol. The van der Waals surface area contributed by atoms with Gasteiger partial charge >= 0.3 is 5.69 Å². The van der Waals surface area contributed by atoms with Gasteiger partial charge in [0.05, 0.1) is 18.6 Å². The number of nitro groups is 1. The highest BCUT2D eigenvalue weighted by atomic mass is 19.1. The number of piperidine rings is 1. The van der Waals surface area contributed by atoms with Crippen molar-refractivity contribution in [1.82, 2.24) is 0 Å². The summed E-state index contributed by atoms with van der Waals surface area (Å²) < 4.78 is 18.6. The number of nitro benzene ring substituents is 1. The molecule has 7 heteroatoms. The van der Waals surface area contributed by atoms with E-state index in [1.165, 1.54) is 13.2 Å². The molecule has 1 aliphatic rings. The number of nitrogens with zero attached hydrogens (tertiary/aromatic N) is 2. The number of benzene rings is 1. The van der Waals surface area contributed by atoms with Crippen LogP contribution in [0.25, 0.3) is 0 Å². The second-order valence-electron chi connectivity index (χ2n) is 4.53. The van der Waals surface area contributed by atoms with Crippen molar-refractivity contribution in [3.63, 3.8) is 0 Å². The summed E-state index contributed by atoms with van der Waals surface area (Å²) in [4.78, 5) is 12.1. The van der Waals surface area contributed by atoms with Crippen molar-refractivity contribution in [2.45, 2.75) is 18.6 Å². The van der Waals surface area contributed by atoms with Crippen LogP contribution >= 0.6 is 0 Å². The molecular formula is C12H16FN3O3. The van der Waals surface area contributed by atoms with Crippen molar-refractivity contribution in [1.29, 1.82) is 0 Å². The van der Waals surface area contributed by atoms with Crippen molar-refractivity contribution in [2.75, 3.05) is 25.1 Å². The number of hydrogen-bond acceptors (Lipinski definition) is 5. The zero-order chi connectivity index (χ0) is 14.0. The summed E-state index contributed by atoms with van der Waals surface area (Å²) in [5.41, 5.74) is 6.23. The van der Waals surface area contributed by atoms with Crippen molar-refractivity contribution in [3.8, 4) is 5.75 Å². The smallest absolute Gasteiger partial charge is 0.311 e. The third-order valence-corrected chi connectivity index (χ3v) is 3.32. The van der Waals surface area contributed by atoms with E-state index in [0.29, 0.717) is 18.7 Å². The maximum Gasteiger partial charge on any atom is 0.311 e. The van der Waals surface area contributed by atoms with Gasteiger partial charge in [-0.1, -0.05) is 0 Å². The number of hydrogen-bond donors (Lipinski definition) is 1. The molecule has 19 heavy (non-hydrogen) atoms. The molecule has 2 atom stereocenters. The highest BCUT2D eigenvalue weighted by Gasteiger charge is 2.27. The van der Waals surface area contributed by atoms with Crippen LogP contribution in [-0.4, -0.2) is 37.3 Å². The summed E-state index contributed by atoms with van der Waals surface area (Å²) in [6, 6.07) is 4.10. The van der Waals surface area contributed by atoms with Gasteiger partial charge in [-0.05, 0) is 12.5 Å². The summed E-state index contributed by atoms with van der Waals surface area (Å²) in [5, 5.41) is 10.8. The number of anilines is 1. The first-order valence-corrected chi connectivity index (χ1v) is 6.00. The number of methoxy groups -OCH3 is 1. The first-order valence-electron chi connectivity index (χ1n) is 6.00. The SMILES string of the molecule is COc1cc(N2CC[C@H](N)[C@H](F)C2)ccc1[N+](=O)[O-]. The largest absolute Gasteiger partial charge is 0.490 e. The van der Waals surface area contributed by atoms with E-state index in [-0.39, 0.29) is 18.0 Å². The zero-order valence-electron chi connectivity index (χ0n) is 10.6. The molecule has 1 aliphatic heterocycles. The minimum Gasteiger partial charge on any atom is -0.490 e. The Balaban J connectivity index is 2.24. The second-order valence-corrected chi connectivity index (χ2v) is 4.53. The van der Waals surface area contributed by atoms with Crippen molar-refractivity contribution < 1.29 is 14.1 Å². The molecule has 6 nitrogen and oxygen atoms in total. The van der Waals surface area contributed by atoms with Crippen LogP contribution in [0.3, 0.4) is 0 Å². The second kappa shape index (κ2) is 5.40. The first-order chi connectivity index (χ1) is 9.02. The third-order valence-electron chi connectivity index (χ3n) is 3.32. The van der Waals surface area contributed by atoms with E-state index in [2.05, 4.69) is 0 Å². The number of nitrogens with two attached hydrogens (primary N) is 1. The van der Waals surface area contributed by atoms with E-state index in [1.54, 1.807) is 12.1 Å². The van der Waals surface area contributed by atoms with E-state index < -0.39 is 17.1 Å². The van der Waals surface area contributed by atoms with Crippen molar-refractivity contribution in [2.24, 2.45) is 5.73 Å². The Morgan fingerprint density at radius 2 is 2.32 bits per heavy atom. The fourth-order valence-electron chi connectivity index (χ4n) is 2.17. The zero-order valence-corrected chi connectivity index (χ0v) is 10.6. The van der Waals surface area contributed by atoms with Gasteiger partial charge in [0, 0.05) is 30.4 Å². The molecule has 0 radical (unpaired) electrons. The molecular weight excluding hydrogens is 253 g/mol. The minimum atomic E-state index is -1.09. The van der Waals surface area contributed by atoms with Crippen LogP contribution in [0.5, 0.6) is 5.75 Å². The molecule has 0 aromatic heterocycles. The molecule has 0 bridgehead atoms. The van der Waals surface area contributed by atoms with Gasteiger partial charge in [0.1, 0.15) is 6.17 Å². The number of halogens is 1. The maximum absolute atomic E-state index is 13.6. The third kappa shape index (κ3) is 2.76. The van der Waals surface area contributed by atoms with Gasteiger partial charge in [-0.25, -0.2) is 4.39 Å². The Morgan fingerprint density at radius 3 is 2.89 bits per heavy atom. The van der Waals surface area contributed by atoms with Gasteiger partial charge in [-0.15, -0.1) is 0 Å². The van der Waals surface area contributed by atoms with E-state index in [4.69, 9.17) is 10.5 Å². The Labute approximate surface area is 110 Å².